The normalized spacial score (nSPS) is 19.0. The van der Waals surface area contributed by atoms with Crippen LogP contribution in [0.1, 0.15) is 34.7 Å². The number of furan rings is 1. The van der Waals surface area contributed by atoms with Gasteiger partial charge >= 0.3 is 0 Å². The van der Waals surface area contributed by atoms with Crippen LogP contribution in [0.2, 0.25) is 0 Å². The molecule has 1 atom stereocenters. The number of ether oxygens (including phenoxy) is 1. The van der Waals surface area contributed by atoms with Crippen molar-refractivity contribution in [2.24, 2.45) is 0 Å². The molecule has 3 rings (SSSR count). The average Bonchev–Trinajstić information content (AvgIpc) is 3.15. The van der Waals surface area contributed by atoms with Crippen LogP contribution in [0, 0.1) is 6.92 Å². The number of morpholine rings is 1. The van der Waals surface area contributed by atoms with Gasteiger partial charge in [0.15, 0.2) is 5.76 Å². The monoisotopic (exact) mass is 289 g/mol. The molecule has 1 fully saturated rings. The Morgan fingerprint density at radius 2 is 2.38 bits per heavy atom. The number of carbonyl (C=O) groups is 1. The first kappa shape index (κ1) is 13.9. The van der Waals surface area contributed by atoms with Gasteiger partial charge in [0.1, 0.15) is 6.10 Å². The van der Waals surface area contributed by atoms with Crippen molar-refractivity contribution in [2.45, 2.75) is 26.5 Å². The van der Waals surface area contributed by atoms with Crippen LogP contribution in [0.3, 0.4) is 0 Å². The van der Waals surface area contributed by atoms with Gasteiger partial charge in [-0.2, -0.15) is 5.10 Å². The third-order valence-electron chi connectivity index (χ3n) is 3.76. The zero-order chi connectivity index (χ0) is 14.8. The lowest BCUT2D eigenvalue weighted by Crippen LogP contribution is -2.42. The summed E-state index contributed by atoms with van der Waals surface area (Å²) in [5.74, 6) is 0.341. The van der Waals surface area contributed by atoms with Crippen molar-refractivity contribution >= 4 is 5.91 Å². The van der Waals surface area contributed by atoms with Gasteiger partial charge in [0, 0.05) is 30.4 Å². The average molecular weight is 289 g/mol. The van der Waals surface area contributed by atoms with Gasteiger partial charge in [-0.15, -0.1) is 0 Å². The first-order chi connectivity index (χ1) is 10.2. The Balaban J connectivity index is 1.74. The molecule has 0 aromatic carbocycles. The number of amides is 1. The first-order valence-corrected chi connectivity index (χ1v) is 7.16. The summed E-state index contributed by atoms with van der Waals surface area (Å²) in [7, 11) is 0. The quantitative estimate of drug-likeness (QED) is 0.867. The Hall–Kier alpha value is -2.08. The highest BCUT2D eigenvalue weighted by molar-refractivity contribution is 5.92. The lowest BCUT2D eigenvalue weighted by atomic mass is 10.1. The van der Waals surface area contributed by atoms with E-state index < -0.39 is 0 Å². The summed E-state index contributed by atoms with van der Waals surface area (Å²) in [6.45, 7) is 6.36. The zero-order valence-electron chi connectivity index (χ0n) is 12.3. The molecule has 3 heterocycles. The lowest BCUT2D eigenvalue weighted by Gasteiger charge is -2.32. The van der Waals surface area contributed by atoms with Gasteiger partial charge in [-0.05, 0) is 19.9 Å². The van der Waals surface area contributed by atoms with E-state index in [4.69, 9.17) is 9.15 Å². The summed E-state index contributed by atoms with van der Waals surface area (Å²) < 4.78 is 12.9. The highest BCUT2D eigenvalue weighted by atomic mass is 16.5. The Labute approximate surface area is 123 Å². The molecule has 2 aromatic heterocycles. The molecule has 1 saturated heterocycles. The second kappa shape index (κ2) is 5.73. The van der Waals surface area contributed by atoms with Gasteiger partial charge in [0.2, 0.25) is 0 Å². The molecule has 21 heavy (non-hydrogen) atoms. The number of aromatic nitrogens is 2. The predicted molar refractivity (Wildman–Crippen MR) is 75.9 cm³/mol. The van der Waals surface area contributed by atoms with Gasteiger partial charge in [-0.3, -0.25) is 9.48 Å². The van der Waals surface area contributed by atoms with E-state index in [1.165, 1.54) is 0 Å². The van der Waals surface area contributed by atoms with E-state index in [0.717, 1.165) is 17.7 Å². The molecule has 0 spiro atoms. The third-order valence-corrected chi connectivity index (χ3v) is 3.76. The Bertz CT molecular complexity index is 632. The van der Waals surface area contributed by atoms with Crippen molar-refractivity contribution in [1.82, 2.24) is 14.7 Å². The molecule has 0 saturated carbocycles. The summed E-state index contributed by atoms with van der Waals surface area (Å²) in [6.07, 6.45) is 5.20. The number of aryl methyl sites for hydroxylation is 2. The van der Waals surface area contributed by atoms with E-state index in [1.54, 1.807) is 23.4 Å². The minimum absolute atomic E-state index is 0.0753. The number of carbonyl (C=O) groups excluding carboxylic acids is 1. The lowest BCUT2D eigenvalue weighted by molar-refractivity contribution is -0.0238. The SMILES string of the molecule is CCn1cc([C@@H]2CN(C(=O)c3occc3C)CCO2)cn1. The van der Waals surface area contributed by atoms with Crippen LogP contribution in [-0.4, -0.2) is 40.3 Å². The van der Waals surface area contributed by atoms with E-state index in [1.807, 2.05) is 24.7 Å². The number of hydrogen-bond acceptors (Lipinski definition) is 4. The molecule has 0 unspecified atom stereocenters. The highest BCUT2D eigenvalue weighted by Gasteiger charge is 2.28. The van der Waals surface area contributed by atoms with Crippen LogP contribution in [0.25, 0.3) is 0 Å². The fourth-order valence-corrected chi connectivity index (χ4v) is 2.49. The topological polar surface area (TPSA) is 60.5 Å². The first-order valence-electron chi connectivity index (χ1n) is 7.16. The van der Waals surface area contributed by atoms with Crippen LogP contribution in [0.5, 0.6) is 0 Å². The maximum absolute atomic E-state index is 12.5. The zero-order valence-corrected chi connectivity index (χ0v) is 12.3. The molecule has 112 valence electrons. The molecule has 6 heteroatoms. The smallest absolute Gasteiger partial charge is 0.290 e. The number of nitrogens with zero attached hydrogens (tertiary/aromatic N) is 3. The Morgan fingerprint density at radius 3 is 3.05 bits per heavy atom. The molecular weight excluding hydrogens is 270 g/mol. The molecule has 1 aliphatic heterocycles. The van der Waals surface area contributed by atoms with E-state index in [2.05, 4.69) is 5.10 Å². The van der Waals surface area contributed by atoms with Crippen molar-refractivity contribution in [3.8, 4) is 0 Å². The second-order valence-electron chi connectivity index (χ2n) is 5.17. The highest BCUT2D eigenvalue weighted by Crippen LogP contribution is 2.23. The van der Waals surface area contributed by atoms with Crippen LogP contribution in [0.4, 0.5) is 0 Å². The molecule has 0 aliphatic carbocycles. The van der Waals surface area contributed by atoms with Crippen molar-refractivity contribution in [1.29, 1.82) is 0 Å². The standard InChI is InChI=1S/C15H19N3O3/c1-3-18-9-12(8-16-18)13-10-17(5-7-20-13)15(19)14-11(2)4-6-21-14/h4,6,8-9,13H,3,5,7,10H2,1-2H3/t13-/m0/s1. The van der Waals surface area contributed by atoms with E-state index in [9.17, 15) is 4.79 Å². The van der Waals surface area contributed by atoms with Gasteiger partial charge in [-0.25, -0.2) is 0 Å². The Morgan fingerprint density at radius 1 is 1.52 bits per heavy atom. The van der Waals surface area contributed by atoms with Gasteiger partial charge in [-0.1, -0.05) is 0 Å². The van der Waals surface area contributed by atoms with Gasteiger partial charge in [0.05, 0.1) is 25.6 Å². The van der Waals surface area contributed by atoms with Gasteiger partial charge in [0.25, 0.3) is 5.91 Å². The van der Waals surface area contributed by atoms with Crippen LogP contribution < -0.4 is 0 Å². The van der Waals surface area contributed by atoms with Crippen molar-refractivity contribution in [3.05, 3.63) is 41.6 Å². The molecule has 0 bridgehead atoms. The van der Waals surface area contributed by atoms with Crippen LogP contribution in [0.15, 0.2) is 29.1 Å². The third kappa shape index (κ3) is 2.71. The summed E-state index contributed by atoms with van der Waals surface area (Å²) in [6, 6.07) is 1.80. The summed E-state index contributed by atoms with van der Waals surface area (Å²) in [5.41, 5.74) is 1.87. The minimum atomic E-state index is -0.127. The summed E-state index contributed by atoms with van der Waals surface area (Å²) >= 11 is 0. The van der Waals surface area contributed by atoms with E-state index >= 15 is 0 Å². The van der Waals surface area contributed by atoms with Crippen molar-refractivity contribution < 1.29 is 13.9 Å². The maximum atomic E-state index is 12.5. The fourth-order valence-electron chi connectivity index (χ4n) is 2.49. The minimum Gasteiger partial charge on any atom is -0.459 e. The molecule has 1 aliphatic rings. The van der Waals surface area contributed by atoms with E-state index in [-0.39, 0.29) is 12.0 Å². The molecule has 0 N–H and O–H groups in total. The molecule has 2 aromatic rings. The number of hydrogen-bond donors (Lipinski definition) is 0. The largest absolute Gasteiger partial charge is 0.459 e. The second-order valence-corrected chi connectivity index (χ2v) is 5.17. The molecule has 6 nitrogen and oxygen atoms in total. The van der Waals surface area contributed by atoms with Crippen LogP contribution in [-0.2, 0) is 11.3 Å². The summed E-state index contributed by atoms with van der Waals surface area (Å²) in [5, 5.41) is 4.26. The molecular formula is C15H19N3O3. The molecule has 1 amide bonds. The van der Waals surface area contributed by atoms with Crippen molar-refractivity contribution in [3.63, 3.8) is 0 Å². The van der Waals surface area contributed by atoms with Crippen molar-refractivity contribution in [2.75, 3.05) is 19.7 Å². The fraction of sp³-hybridized carbons (Fsp3) is 0.467. The van der Waals surface area contributed by atoms with E-state index in [0.29, 0.717) is 25.5 Å². The predicted octanol–water partition coefficient (Wildman–Crippen LogP) is 2.02. The van der Waals surface area contributed by atoms with Gasteiger partial charge < -0.3 is 14.1 Å². The summed E-state index contributed by atoms with van der Waals surface area (Å²) in [4.78, 5) is 14.3. The van der Waals surface area contributed by atoms with Crippen LogP contribution >= 0.6 is 0 Å². The number of rotatable bonds is 3. The molecule has 0 radical (unpaired) electrons. The maximum Gasteiger partial charge on any atom is 0.290 e. The Kier molecular flexibility index (Phi) is 3.79.